The minimum atomic E-state index is -4.60. The molecule has 0 heterocycles. The predicted octanol–water partition coefficient (Wildman–Crippen LogP) is 2.68. The molecule has 1 unspecified atom stereocenters. The molecule has 3 N–H and O–H groups in total. The van der Waals surface area contributed by atoms with E-state index in [1.54, 1.807) is 0 Å². The third-order valence-electron chi connectivity index (χ3n) is 2.36. The van der Waals surface area contributed by atoms with Crippen LogP contribution in [0.2, 0.25) is 0 Å². The lowest BCUT2D eigenvalue weighted by molar-refractivity contribution is -0.136. The molecule has 0 aliphatic carbocycles. The Kier molecular flexibility index (Phi) is 5.64. The van der Waals surface area contributed by atoms with Gasteiger partial charge in [-0.15, -0.1) is 11.6 Å². The second-order valence-corrected chi connectivity index (χ2v) is 4.44. The van der Waals surface area contributed by atoms with E-state index < -0.39 is 23.8 Å². The number of alkyl halides is 4. The van der Waals surface area contributed by atoms with E-state index in [0.29, 0.717) is 0 Å². The zero-order valence-electron chi connectivity index (χ0n) is 10.6. The van der Waals surface area contributed by atoms with E-state index in [1.165, 1.54) is 6.07 Å². The van der Waals surface area contributed by atoms with Gasteiger partial charge in [0, 0.05) is 19.2 Å². The van der Waals surface area contributed by atoms with Crippen molar-refractivity contribution in [2.75, 3.05) is 23.1 Å². The Labute approximate surface area is 118 Å². The largest absolute Gasteiger partial charge is 0.418 e. The number of hydrogen-bond acceptors (Lipinski definition) is 3. The number of rotatable bonds is 5. The smallest absolute Gasteiger partial charge is 0.390 e. The Hall–Kier alpha value is -1.47. The molecule has 0 saturated carbocycles. The fourth-order valence-corrected chi connectivity index (χ4v) is 1.59. The molecule has 1 aromatic rings. The summed E-state index contributed by atoms with van der Waals surface area (Å²) in [5.41, 5.74) is -1.10. The fourth-order valence-electron chi connectivity index (χ4n) is 1.48. The van der Waals surface area contributed by atoms with E-state index in [-0.39, 0.29) is 23.8 Å². The Morgan fingerprint density at radius 3 is 2.60 bits per heavy atom. The van der Waals surface area contributed by atoms with Gasteiger partial charge in [0.15, 0.2) is 0 Å². The summed E-state index contributed by atoms with van der Waals surface area (Å²) in [4.78, 5) is 10.9. The van der Waals surface area contributed by atoms with Crippen LogP contribution in [-0.4, -0.2) is 29.5 Å². The SMILES string of the molecule is CC(=O)Nc1ccc(NCC(O)CCl)cc1C(F)(F)F. The summed E-state index contributed by atoms with van der Waals surface area (Å²) in [6, 6.07) is 3.40. The minimum Gasteiger partial charge on any atom is -0.390 e. The first-order valence-corrected chi connectivity index (χ1v) is 6.24. The van der Waals surface area contributed by atoms with Gasteiger partial charge in [0.1, 0.15) is 0 Å². The Morgan fingerprint density at radius 1 is 1.45 bits per heavy atom. The summed E-state index contributed by atoms with van der Waals surface area (Å²) in [6.45, 7) is 1.16. The molecule has 0 bridgehead atoms. The number of aliphatic hydroxyl groups excluding tert-OH is 1. The van der Waals surface area contributed by atoms with Crippen molar-refractivity contribution in [3.8, 4) is 0 Å². The third kappa shape index (κ3) is 4.90. The van der Waals surface area contributed by atoms with Crippen molar-refractivity contribution in [1.29, 1.82) is 0 Å². The molecular formula is C12H14ClF3N2O2. The maximum absolute atomic E-state index is 12.9. The summed E-state index contributed by atoms with van der Waals surface area (Å²) in [6.07, 6.45) is -5.46. The first-order chi connectivity index (χ1) is 9.24. The van der Waals surface area contributed by atoms with Crippen LogP contribution in [0.5, 0.6) is 0 Å². The van der Waals surface area contributed by atoms with Gasteiger partial charge in [0.25, 0.3) is 0 Å². The molecule has 1 atom stereocenters. The number of carbonyl (C=O) groups excluding carboxylic acids is 1. The summed E-state index contributed by atoms with van der Waals surface area (Å²) in [7, 11) is 0. The number of nitrogens with one attached hydrogen (secondary N) is 2. The molecule has 1 rings (SSSR count). The Balaban J connectivity index is 2.99. The molecule has 0 aliphatic rings. The zero-order chi connectivity index (χ0) is 15.3. The normalized spacial score (nSPS) is 12.9. The number of aliphatic hydroxyl groups is 1. The molecule has 1 aromatic carbocycles. The predicted molar refractivity (Wildman–Crippen MR) is 71.0 cm³/mol. The molecular weight excluding hydrogens is 297 g/mol. The highest BCUT2D eigenvalue weighted by molar-refractivity contribution is 6.18. The second kappa shape index (κ2) is 6.81. The number of anilines is 2. The van der Waals surface area contributed by atoms with Gasteiger partial charge in [-0.25, -0.2) is 0 Å². The molecule has 0 radical (unpaired) electrons. The van der Waals surface area contributed by atoms with Crippen LogP contribution in [0, 0.1) is 0 Å². The van der Waals surface area contributed by atoms with Crippen molar-refractivity contribution < 1.29 is 23.1 Å². The number of benzene rings is 1. The molecule has 0 spiro atoms. The van der Waals surface area contributed by atoms with E-state index in [0.717, 1.165) is 19.1 Å². The molecule has 0 fully saturated rings. The number of carbonyl (C=O) groups is 1. The van der Waals surface area contributed by atoms with Crippen molar-refractivity contribution in [3.63, 3.8) is 0 Å². The van der Waals surface area contributed by atoms with Crippen molar-refractivity contribution >= 4 is 28.9 Å². The lowest BCUT2D eigenvalue weighted by Gasteiger charge is -2.16. The molecule has 20 heavy (non-hydrogen) atoms. The van der Waals surface area contributed by atoms with E-state index in [2.05, 4.69) is 10.6 Å². The highest BCUT2D eigenvalue weighted by atomic mass is 35.5. The summed E-state index contributed by atoms with van der Waals surface area (Å²) in [5.74, 6) is -0.614. The molecule has 112 valence electrons. The topological polar surface area (TPSA) is 61.4 Å². The fraction of sp³-hybridized carbons (Fsp3) is 0.417. The average Bonchev–Trinajstić information content (AvgIpc) is 2.35. The molecule has 4 nitrogen and oxygen atoms in total. The molecule has 1 amide bonds. The molecule has 0 saturated heterocycles. The van der Waals surface area contributed by atoms with Crippen LogP contribution in [-0.2, 0) is 11.0 Å². The van der Waals surface area contributed by atoms with Crippen LogP contribution in [0.4, 0.5) is 24.5 Å². The second-order valence-electron chi connectivity index (χ2n) is 4.13. The van der Waals surface area contributed by atoms with Gasteiger partial charge >= 0.3 is 6.18 Å². The van der Waals surface area contributed by atoms with Gasteiger partial charge in [-0.2, -0.15) is 13.2 Å². The van der Waals surface area contributed by atoms with Gasteiger partial charge in [-0.1, -0.05) is 0 Å². The minimum absolute atomic E-state index is 0.0247. The van der Waals surface area contributed by atoms with Crippen LogP contribution in [0.25, 0.3) is 0 Å². The number of amides is 1. The van der Waals surface area contributed by atoms with Crippen LogP contribution in [0.15, 0.2) is 18.2 Å². The van der Waals surface area contributed by atoms with Crippen LogP contribution < -0.4 is 10.6 Å². The molecule has 0 aliphatic heterocycles. The van der Waals surface area contributed by atoms with Gasteiger partial charge in [-0.3, -0.25) is 4.79 Å². The Morgan fingerprint density at radius 2 is 2.10 bits per heavy atom. The molecule has 0 aromatic heterocycles. The maximum Gasteiger partial charge on any atom is 0.418 e. The highest BCUT2D eigenvalue weighted by Gasteiger charge is 2.34. The molecule has 8 heteroatoms. The zero-order valence-corrected chi connectivity index (χ0v) is 11.3. The van der Waals surface area contributed by atoms with Gasteiger partial charge in [-0.05, 0) is 18.2 Å². The van der Waals surface area contributed by atoms with E-state index >= 15 is 0 Å². The first-order valence-electron chi connectivity index (χ1n) is 5.70. The highest BCUT2D eigenvalue weighted by Crippen LogP contribution is 2.36. The van der Waals surface area contributed by atoms with E-state index in [1.807, 2.05) is 0 Å². The summed E-state index contributed by atoms with van der Waals surface area (Å²) >= 11 is 5.39. The summed E-state index contributed by atoms with van der Waals surface area (Å²) in [5, 5.41) is 14.0. The van der Waals surface area contributed by atoms with E-state index in [4.69, 9.17) is 11.6 Å². The standard InChI is InChI=1S/C12H14ClF3N2O2/c1-7(19)18-11-3-2-8(17-6-9(20)5-13)4-10(11)12(14,15)16/h2-4,9,17,20H,5-6H2,1H3,(H,18,19). The third-order valence-corrected chi connectivity index (χ3v) is 2.71. The average molecular weight is 311 g/mol. The van der Waals surface area contributed by atoms with Gasteiger partial charge in [0.05, 0.1) is 23.2 Å². The van der Waals surface area contributed by atoms with Crippen molar-refractivity contribution in [2.45, 2.75) is 19.2 Å². The lowest BCUT2D eigenvalue weighted by atomic mass is 10.1. The van der Waals surface area contributed by atoms with Crippen molar-refractivity contribution in [2.24, 2.45) is 0 Å². The summed E-state index contributed by atoms with van der Waals surface area (Å²) < 4.78 is 38.7. The van der Waals surface area contributed by atoms with E-state index in [9.17, 15) is 23.1 Å². The van der Waals surface area contributed by atoms with Crippen molar-refractivity contribution in [3.05, 3.63) is 23.8 Å². The lowest BCUT2D eigenvalue weighted by Crippen LogP contribution is -2.21. The van der Waals surface area contributed by atoms with Gasteiger partial charge in [0.2, 0.25) is 5.91 Å². The van der Waals surface area contributed by atoms with Crippen LogP contribution >= 0.6 is 11.6 Å². The van der Waals surface area contributed by atoms with Crippen molar-refractivity contribution in [1.82, 2.24) is 0 Å². The quantitative estimate of drug-likeness (QED) is 0.733. The number of halogens is 4. The van der Waals surface area contributed by atoms with Crippen LogP contribution in [0.1, 0.15) is 12.5 Å². The van der Waals surface area contributed by atoms with Gasteiger partial charge < -0.3 is 15.7 Å². The Bertz CT molecular complexity index is 480. The maximum atomic E-state index is 12.9. The number of hydrogen-bond donors (Lipinski definition) is 3. The first kappa shape index (κ1) is 16.6. The van der Waals surface area contributed by atoms with Crippen LogP contribution in [0.3, 0.4) is 0 Å². The monoisotopic (exact) mass is 310 g/mol.